The number of nitro groups is 2. The van der Waals surface area contributed by atoms with Gasteiger partial charge in [-0.3, -0.25) is 34.6 Å². The summed E-state index contributed by atoms with van der Waals surface area (Å²) < 4.78 is 84.3. The number of benzene rings is 5. The number of carbonyl (C=O) groups is 3. The van der Waals surface area contributed by atoms with Crippen LogP contribution in [0.3, 0.4) is 0 Å². The van der Waals surface area contributed by atoms with E-state index < -0.39 is 49.9 Å². The number of halogens is 9. The summed E-state index contributed by atoms with van der Waals surface area (Å²) in [6, 6.07) is 32.9. The molecule has 0 atom stereocenters. The number of unbranched alkanes of at least 4 members (excludes halogenated alkanes) is 3. The monoisotopic (exact) mass is 1490 g/mol. The van der Waals surface area contributed by atoms with Crippen molar-refractivity contribution in [3.63, 3.8) is 0 Å². The van der Waals surface area contributed by atoms with Crippen LogP contribution in [0.4, 0.5) is 54.8 Å². The molecule has 102 heavy (non-hydrogen) atoms. The van der Waals surface area contributed by atoms with Gasteiger partial charge in [0.25, 0.3) is 11.4 Å². The smallest absolute Gasteiger partial charge is 0.393 e. The highest BCUT2D eigenvalue weighted by molar-refractivity contribution is 6.67. The lowest BCUT2D eigenvalue weighted by atomic mass is 9.88. The van der Waals surface area contributed by atoms with Gasteiger partial charge in [0.05, 0.1) is 27.9 Å². The first-order chi connectivity index (χ1) is 48.8. The number of alkyl halides is 8. The number of carbonyl (C=O) groups excluding carboxylic acids is 3. The fourth-order valence-electron chi connectivity index (χ4n) is 13.2. The van der Waals surface area contributed by atoms with E-state index in [0.29, 0.717) is 57.3 Å². The van der Waals surface area contributed by atoms with Crippen LogP contribution in [-0.4, -0.2) is 137 Å². The van der Waals surface area contributed by atoms with Gasteiger partial charge >= 0.3 is 12.4 Å². The molecular formula is C76H101Cl3F6N8O9. The molecule has 3 aliphatic heterocycles. The number of piperidine rings is 2. The highest BCUT2D eigenvalue weighted by Gasteiger charge is 2.40. The van der Waals surface area contributed by atoms with Gasteiger partial charge in [0, 0.05) is 80.5 Å². The van der Waals surface area contributed by atoms with Crippen LogP contribution in [0.15, 0.2) is 109 Å². The summed E-state index contributed by atoms with van der Waals surface area (Å²) in [4.78, 5) is 59.4. The molecule has 5 fully saturated rings. The minimum Gasteiger partial charge on any atom is -0.393 e. The van der Waals surface area contributed by atoms with Gasteiger partial charge in [-0.2, -0.15) is 26.3 Å². The van der Waals surface area contributed by atoms with Gasteiger partial charge in [0.15, 0.2) is 0 Å². The summed E-state index contributed by atoms with van der Waals surface area (Å²) in [6.45, 7) is 13.8. The van der Waals surface area contributed by atoms with E-state index >= 15 is 0 Å². The third-order valence-electron chi connectivity index (χ3n) is 19.3. The summed E-state index contributed by atoms with van der Waals surface area (Å²) in [5.41, 5.74) is 4.40. The Bertz CT molecular complexity index is 3340. The molecule has 5 aromatic rings. The first-order valence-electron chi connectivity index (χ1n) is 35.9. The van der Waals surface area contributed by atoms with Crippen molar-refractivity contribution in [1.82, 2.24) is 15.1 Å². The molecular weight excluding hydrogens is 1390 g/mol. The van der Waals surface area contributed by atoms with E-state index in [0.717, 1.165) is 95.1 Å². The number of hydrogen-bond acceptors (Lipinski definition) is 13. The fraction of sp³-hybridized carbons (Fsp3) is 0.566. The Morgan fingerprint density at radius 1 is 0.539 bits per heavy atom. The Morgan fingerprint density at radius 3 is 1.31 bits per heavy atom. The zero-order valence-corrected chi connectivity index (χ0v) is 61.1. The molecule has 4 N–H and O–H groups in total. The van der Waals surface area contributed by atoms with Crippen molar-refractivity contribution in [3.05, 3.63) is 168 Å². The van der Waals surface area contributed by atoms with Crippen LogP contribution in [0.5, 0.6) is 0 Å². The van der Waals surface area contributed by atoms with Crippen LogP contribution in [-0.2, 0) is 50.7 Å². The molecule has 0 radical (unpaired) electrons. The molecule has 17 nitrogen and oxygen atoms in total. The standard InChI is InChI=1S/C30H38F3N3O4.C16H23ClN2O.C15H23N.C13H15F3N2O3.C2H2Cl2O/c1-2-3-4-21-5-7-22(8-6-21)23-15-17-35(18-16-23)29(37)20-40-26-12-9-24(10-13-26)34-25-11-14-28(36(38)39)27(19-25)30(31,32)33;1-2-3-4-14-5-7-15(8-6-14)18-9-11-19(12-10-18)16(20)13-17;1-2-3-4-13-5-7-14(8-6-13)15-9-11-16-12-10-15;14-13(15,16)11-7-9(3-6-12(11)18(20)21)17-8-1-4-10(19)5-2-8;3-1-2(4)5/h5-8,11,14,19,23-24,26,34H,2-4,9-10,12-13,15-18,20H2,1H3;5-8H,2-4,9-13H2,1H3;5-8,15-16H,2-4,9-12H2,1H3;3,6-8,10,17,19H,1-2,4-5H2;1H2. The SMILES string of the molecule is CCCCc1ccc(C2CCN(C(=O)COC3CCC(Nc4ccc([N+](=O)[O-])c(C(F)(F)F)c4)CC3)CC2)cc1.CCCCc1ccc(C2CCNCC2)cc1.CCCCc1ccc(N2CCN(C(=O)CCl)CC2)cc1.O=C(Cl)CCl.O=[N+]([O-])c1ccc(NC2CCC(O)CC2)cc1C(F)(F)F. The van der Waals surface area contributed by atoms with Crippen molar-refractivity contribution in [2.45, 2.75) is 204 Å². The third kappa shape index (κ3) is 28.7. The van der Waals surface area contributed by atoms with Gasteiger partial charge < -0.3 is 40.5 Å². The average Bonchev–Trinajstić information content (AvgIpc) is 0.815. The number of nitrogens with one attached hydrogen (secondary N) is 3. The molecule has 2 aliphatic carbocycles. The molecule has 0 spiro atoms. The number of aliphatic hydroxyl groups is 1. The highest BCUT2D eigenvalue weighted by atomic mass is 35.5. The van der Waals surface area contributed by atoms with Crippen LogP contribution in [0.25, 0.3) is 0 Å². The fourth-order valence-corrected chi connectivity index (χ4v) is 13.4. The lowest BCUT2D eigenvalue weighted by molar-refractivity contribution is -0.388. The number of amides is 2. The number of aliphatic hydroxyl groups excluding tert-OH is 1. The van der Waals surface area contributed by atoms with Crippen LogP contribution < -0.4 is 20.9 Å². The predicted molar refractivity (Wildman–Crippen MR) is 393 cm³/mol. The molecule has 5 aliphatic rings. The molecule has 26 heteroatoms. The van der Waals surface area contributed by atoms with Gasteiger partial charge in [0.2, 0.25) is 17.1 Å². The average molecular weight is 1490 g/mol. The zero-order chi connectivity index (χ0) is 74.2. The van der Waals surface area contributed by atoms with Crippen LogP contribution in [0, 0.1) is 20.2 Å². The maximum absolute atomic E-state index is 13.3. The van der Waals surface area contributed by atoms with Crippen molar-refractivity contribution in [2.24, 2.45) is 0 Å². The van der Waals surface area contributed by atoms with E-state index in [4.69, 9.17) is 39.5 Å². The van der Waals surface area contributed by atoms with Gasteiger partial charge in [-0.05, 0) is 216 Å². The Morgan fingerprint density at radius 2 is 0.931 bits per heavy atom. The molecule has 3 heterocycles. The molecule has 0 aromatic heterocycles. The number of nitro benzene ring substituents is 2. The summed E-state index contributed by atoms with van der Waals surface area (Å²) >= 11 is 15.1. The van der Waals surface area contributed by atoms with Crippen LogP contribution in [0.1, 0.15) is 187 Å². The second kappa shape index (κ2) is 43.5. The van der Waals surface area contributed by atoms with Crippen molar-refractivity contribution in [1.29, 1.82) is 0 Å². The van der Waals surface area contributed by atoms with Gasteiger partial charge in [-0.1, -0.05) is 101 Å². The second-order valence-corrected chi connectivity index (χ2v) is 27.6. The van der Waals surface area contributed by atoms with E-state index in [1.165, 1.54) is 111 Å². The number of rotatable bonds is 23. The summed E-state index contributed by atoms with van der Waals surface area (Å²) in [6.07, 6.45) is 10.6. The molecule has 562 valence electrons. The molecule has 0 unspecified atom stereocenters. The van der Waals surface area contributed by atoms with Gasteiger partial charge in [0.1, 0.15) is 23.6 Å². The first kappa shape index (κ1) is 84.2. The van der Waals surface area contributed by atoms with Gasteiger partial charge in [-0.15, -0.1) is 23.2 Å². The normalized spacial score (nSPS) is 18.9. The first-order valence-corrected chi connectivity index (χ1v) is 37.4. The molecule has 3 saturated heterocycles. The molecule has 2 saturated carbocycles. The number of anilines is 3. The summed E-state index contributed by atoms with van der Waals surface area (Å²) in [7, 11) is 0. The molecule has 2 amide bonds. The summed E-state index contributed by atoms with van der Waals surface area (Å²) in [5.74, 6) is 1.30. The predicted octanol–water partition coefficient (Wildman–Crippen LogP) is 17.8. The number of hydrogen-bond donors (Lipinski definition) is 4. The molecule has 10 rings (SSSR count). The van der Waals surface area contributed by atoms with E-state index in [2.05, 4.69) is 114 Å². The largest absolute Gasteiger partial charge is 0.423 e. The van der Waals surface area contributed by atoms with Crippen molar-refractivity contribution >= 4 is 80.3 Å². The van der Waals surface area contributed by atoms with Crippen molar-refractivity contribution in [3.8, 4) is 0 Å². The maximum Gasteiger partial charge on any atom is 0.423 e. The Hall–Kier alpha value is -6.76. The Kier molecular flexibility index (Phi) is 35.9. The minimum absolute atomic E-state index is 0.000767. The summed E-state index contributed by atoms with van der Waals surface area (Å²) in [5, 5.41) is 40.0. The zero-order valence-electron chi connectivity index (χ0n) is 58.8. The van der Waals surface area contributed by atoms with Crippen molar-refractivity contribution in [2.75, 3.05) is 86.3 Å². The number of ether oxygens (including phenoxy) is 1. The van der Waals surface area contributed by atoms with E-state index in [1.54, 1.807) is 5.56 Å². The van der Waals surface area contributed by atoms with Crippen molar-refractivity contribution < 1.29 is 60.4 Å². The quantitative estimate of drug-likeness (QED) is 0.0158. The number of piperazine rings is 1. The topological polar surface area (TPSA) is 213 Å². The van der Waals surface area contributed by atoms with Crippen LogP contribution >= 0.6 is 34.8 Å². The Labute approximate surface area is 611 Å². The molecule has 0 bridgehead atoms. The second-order valence-electron chi connectivity index (χ2n) is 26.7. The number of aryl methyl sites for hydroxylation is 3. The number of likely N-dealkylation sites (tertiary alicyclic amines) is 1. The van der Waals surface area contributed by atoms with E-state index in [9.17, 15) is 66.1 Å². The molecule has 5 aromatic carbocycles. The van der Waals surface area contributed by atoms with Crippen LogP contribution in [0.2, 0.25) is 0 Å². The van der Waals surface area contributed by atoms with E-state index in [1.807, 2.05) is 9.80 Å². The Balaban J connectivity index is 0.000000223. The van der Waals surface area contributed by atoms with E-state index in [-0.39, 0.29) is 65.8 Å². The minimum atomic E-state index is -4.81. The lowest BCUT2D eigenvalue weighted by Gasteiger charge is -2.36. The lowest BCUT2D eigenvalue weighted by Crippen LogP contribution is -2.49. The highest BCUT2D eigenvalue weighted by Crippen LogP contribution is 2.40. The van der Waals surface area contributed by atoms with Gasteiger partial charge in [-0.25, -0.2) is 0 Å². The third-order valence-corrected chi connectivity index (χ3v) is 20.0. The number of nitrogens with zero attached hydrogens (tertiary/aromatic N) is 5. The maximum atomic E-state index is 13.3.